The quantitative estimate of drug-likeness (QED) is 0.772. The maximum Gasteiger partial charge on any atom is 0.185 e. The van der Waals surface area contributed by atoms with Gasteiger partial charge in [0, 0.05) is 29.0 Å². The highest BCUT2D eigenvalue weighted by molar-refractivity contribution is 9.10. The smallest absolute Gasteiger partial charge is 0.185 e. The van der Waals surface area contributed by atoms with Crippen LogP contribution in [-0.2, 0) is 10.4 Å². The summed E-state index contributed by atoms with van der Waals surface area (Å²) in [5.41, 5.74) is 7.12. The second-order valence-electron chi connectivity index (χ2n) is 7.87. The molecule has 4 rings (SSSR count). The molecule has 0 radical (unpaired) electrons. The molecule has 3 unspecified atom stereocenters. The number of amidine groups is 1. The molecule has 3 aliphatic heterocycles. The first-order valence-electron chi connectivity index (χ1n) is 8.81. The second kappa shape index (κ2) is 5.81. The van der Waals surface area contributed by atoms with E-state index in [9.17, 15) is 0 Å². The number of hydrogen-bond donors (Lipinski definition) is 1. The van der Waals surface area contributed by atoms with Crippen LogP contribution >= 0.6 is 15.9 Å². The Morgan fingerprint density at radius 2 is 2.04 bits per heavy atom. The summed E-state index contributed by atoms with van der Waals surface area (Å²) in [4.78, 5) is 9.66. The Balaban J connectivity index is 1.74. The number of fused-ring (bicyclic) bond motifs is 2. The zero-order chi connectivity index (χ0) is 17.8. The monoisotopic (exact) mass is 405 g/mol. The van der Waals surface area contributed by atoms with Gasteiger partial charge in [0.15, 0.2) is 5.66 Å². The molecular weight excluding hydrogens is 382 g/mol. The van der Waals surface area contributed by atoms with E-state index >= 15 is 0 Å². The summed E-state index contributed by atoms with van der Waals surface area (Å²) in [6.07, 6.45) is 2.75. The van der Waals surface area contributed by atoms with E-state index in [-0.39, 0.29) is 11.7 Å². The average Bonchev–Trinajstić information content (AvgIpc) is 2.82. The molecule has 1 spiro atoms. The van der Waals surface area contributed by atoms with E-state index in [1.54, 1.807) is 0 Å². The average molecular weight is 406 g/mol. The highest BCUT2D eigenvalue weighted by atomic mass is 79.9. The first kappa shape index (κ1) is 17.0. The number of benzene rings is 1. The van der Waals surface area contributed by atoms with Crippen LogP contribution in [0.2, 0.25) is 0 Å². The lowest BCUT2D eigenvalue weighted by Crippen LogP contribution is -2.45. The van der Waals surface area contributed by atoms with Gasteiger partial charge in [-0.15, -0.1) is 0 Å². The Labute approximate surface area is 156 Å². The standard InChI is InChI=1S/C19H24BrN3O2/c1-11-17(21)23-19(22-11)10-16(12-6-7-24-18(2,3)9-12)25-15-5-4-13(20)8-14(15)19/h4-5,8,12,16H,6-7,9-10H2,1-3H3,(H2,21,23). The molecule has 1 aromatic carbocycles. The summed E-state index contributed by atoms with van der Waals surface area (Å²) in [6, 6.07) is 6.06. The van der Waals surface area contributed by atoms with Crippen LogP contribution in [0.15, 0.2) is 32.7 Å². The maximum atomic E-state index is 6.42. The molecule has 3 atom stereocenters. The van der Waals surface area contributed by atoms with Crippen LogP contribution in [0.4, 0.5) is 0 Å². The van der Waals surface area contributed by atoms with Gasteiger partial charge in [0.2, 0.25) is 0 Å². The third-order valence-corrected chi connectivity index (χ3v) is 5.92. The minimum absolute atomic E-state index is 0.0584. The van der Waals surface area contributed by atoms with Crippen LogP contribution in [0.3, 0.4) is 0 Å². The lowest BCUT2D eigenvalue weighted by Gasteiger charge is -2.43. The predicted molar refractivity (Wildman–Crippen MR) is 102 cm³/mol. The van der Waals surface area contributed by atoms with Crippen molar-refractivity contribution >= 4 is 27.5 Å². The summed E-state index contributed by atoms with van der Waals surface area (Å²) in [7, 11) is 0. The molecular formula is C19H24BrN3O2. The Morgan fingerprint density at radius 1 is 1.24 bits per heavy atom. The van der Waals surface area contributed by atoms with Crippen molar-refractivity contribution in [2.24, 2.45) is 21.6 Å². The minimum Gasteiger partial charge on any atom is -0.489 e. The molecule has 3 heterocycles. The number of halogens is 1. The van der Waals surface area contributed by atoms with Gasteiger partial charge >= 0.3 is 0 Å². The predicted octanol–water partition coefficient (Wildman–Crippen LogP) is 3.79. The van der Waals surface area contributed by atoms with Crippen LogP contribution in [0.5, 0.6) is 5.75 Å². The fourth-order valence-corrected chi connectivity index (χ4v) is 4.59. The van der Waals surface area contributed by atoms with Crippen molar-refractivity contribution in [2.45, 2.75) is 57.4 Å². The van der Waals surface area contributed by atoms with Gasteiger partial charge in [0.1, 0.15) is 17.7 Å². The molecule has 2 N–H and O–H groups in total. The van der Waals surface area contributed by atoms with Gasteiger partial charge in [-0.2, -0.15) is 0 Å². The van der Waals surface area contributed by atoms with E-state index in [1.807, 2.05) is 19.1 Å². The van der Waals surface area contributed by atoms with Gasteiger partial charge in [0.25, 0.3) is 0 Å². The van der Waals surface area contributed by atoms with Crippen LogP contribution < -0.4 is 10.5 Å². The first-order chi connectivity index (χ1) is 11.8. The van der Waals surface area contributed by atoms with Crippen molar-refractivity contribution in [3.63, 3.8) is 0 Å². The molecule has 0 bridgehead atoms. The van der Waals surface area contributed by atoms with E-state index in [0.29, 0.717) is 11.8 Å². The van der Waals surface area contributed by atoms with E-state index in [2.05, 4.69) is 35.8 Å². The van der Waals surface area contributed by atoms with E-state index in [4.69, 9.17) is 25.2 Å². The third kappa shape index (κ3) is 2.99. The molecule has 6 heteroatoms. The molecule has 1 aromatic rings. The molecule has 0 amide bonds. The summed E-state index contributed by atoms with van der Waals surface area (Å²) in [5, 5.41) is 0. The number of aliphatic imine (C=N–C) groups is 2. The SMILES string of the molecule is CC1=NC2(CC(C3CCOC(C)(C)C3)Oc3ccc(Br)cc32)N=C1N. The number of nitrogens with two attached hydrogens (primary N) is 1. The molecule has 134 valence electrons. The molecule has 1 saturated heterocycles. The molecule has 0 saturated carbocycles. The van der Waals surface area contributed by atoms with Gasteiger partial charge in [-0.05, 0) is 51.8 Å². The largest absolute Gasteiger partial charge is 0.489 e. The summed E-state index contributed by atoms with van der Waals surface area (Å²) >= 11 is 3.56. The maximum absolute atomic E-state index is 6.42. The fraction of sp³-hybridized carbons (Fsp3) is 0.579. The van der Waals surface area contributed by atoms with Crippen LogP contribution in [0.25, 0.3) is 0 Å². The number of rotatable bonds is 1. The van der Waals surface area contributed by atoms with Gasteiger partial charge in [-0.25, -0.2) is 4.99 Å². The Kier molecular flexibility index (Phi) is 3.96. The molecule has 1 fully saturated rings. The van der Waals surface area contributed by atoms with Crippen molar-refractivity contribution in [3.05, 3.63) is 28.2 Å². The van der Waals surface area contributed by atoms with Crippen molar-refractivity contribution < 1.29 is 9.47 Å². The van der Waals surface area contributed by atoms with E-state index < -0.39 is 5.66 Å². The van der Waals surface area contributed by atoms with Crippen LogP contribution in [0, 0.1) is 5.92 Å². The molecule has 0 aromatic heterocycles. The zero-order valence-electron chi connectivity index (χ0n) is 14.9. The highest BCUT2D eigenvalue weighted by Crippen LogP contribution is 2.49. The van der Waals surface area contributed by atoms with Crippen molar-refractivity contribution in [1.82, 2.24) is 0 Å². The molecule has 3 aliphatic rings. The number of ether oxygens (including phenoxy) is 2. The van der Waals surface area contributed by atoms with Crippen molar-refractivity contribution in [3.8, 4) is 5.75 Å². The van der Waals surface area contributed by atoms with Gasteiger partial charge in [0.05, 0.1) is 11.3 Å². The summed E-state index contributed by atoms with van der Waals surface area (Å²) < 4.78 is 13.3. The Morgan fingerprint density at radius 3 is 2.72 bits per heavy atom. The summed E-state index contributed by atoms with van der Waals surface area (Å²) in [5.74, 6) is 1.81. The lowest BCUT2D eigenvalue weighted by atomic mass is 9.79. The van der Waals surface area contributed by atoms with Gasteiger partial charge in [-0.3, -0.25) is 4.99 Å². The van der Waals surface area contributed by atoms with Gasteiger partial charge < -0.3 is 15.2 Å². The Hall–Kier alpha value is -1.40. The van der Waals surface area contributed by atoms with Crippen LogP contribution in [-0.4, -0.2) is 29.9 Å². The minimum atomic E-state index is -0.654. The highest BCUT2D eigenvalue weighted by Gasteiger charge is 2.48. The first-order valence-corrected chi connectivity index (χ1v) is 9.60. The topological polar surface area (TPSA) is 69.2 Å². The second-order valence-corrected chi connectivity index (χ2v) is 8.79. The third-order valence-electron chi connectivity index (χ3n) is 5.43. The lowest BCUT2D eigenvalue weighted by molar-refractivity contribution is -0.0966. The summed E-state index contributed by atoms with van der Waals surface area (Å²) in [6.45, 7) is 6.99. The van der Waals surface area contributed by atoms with E-state index in [0.717, 1.165) is 47.4 Å². The molecule has 5 nitrogen and oxygen atoms in total. The number of hydrogen-bond acceptors (Lipinski definition) is 5. The molecule has 0 aliphatic carbocycles. The Bertz CT molecular complexity index is 754. The zero-order valence-corrected chi connectivity index (χ0v) is 16.5. The van der Waals surface area contributed by atoms with Crippen molar-refractivity contribution in [1.29, 1.82) is 0 Å². The van der Waals surface area contributed by atoms with Crippen LogP contribution in [0.1, 0.15) is 45.6 Å². The number of nitrogens with zero attached hydrogens (tertiary/aromatic N) is 2. The van der Waals surface area contributed by atoms with E-state index in [1.165, 1.54) is 0 Å². The van der Waals surface area contributed by atoms with Gasteiger partial charge in [-0.1, -0.05) is 15.9 Å². The normalized spacial score (nSPS) is 33.4. The fourth-order valence-electron chi connectivity index (χ4n) is 4.22. The van der Waals surface area contributed by atoms with Crippen molar-refractivity contribution in [2.75, 3.05) is 6.61 Å². The molecule has 25 heavy (non-hydrogen) atoms.